The number of carboxylic acids is 3. The van der Waals surface area contributed by atoms with E-state index in [4.69, 9.17) is 15.3 Å². The van der Waals surface area contributed by atoms with Crippen molar-refractivity contribution in [3.05, 3.63) is 0 Å². The van der Waals surface area contributed by atoms with Gasteiger partial charge in [-0.3, -0.25) is 14.4 Å². The van der Waals surface area contributed by atoms with Gasteiger partial charge in [-0.1, -0.05) is 135 Å². The molecule has 42 heavy (non-hydrogen) atoms. The molecule has 0 aromatic carbocycles. The van der Waals surface area contributed by atoms with Crippen LogP contribution in [0.3, 0.4) is 0 Å². The number of hydrogen-bond donors (Lipinski definition) is 6. The summed E-state index contributed by atoms with van der Waals surface area (Å²) < 4.78 is 0. The molecule has 3 saturated carbocycles. The fourth-order valence-corrected chi connectivity index (χ4v) is 6.17. The second kappa shape index (κ2) is 30.7. The lowest BCUT2D eigenvalue weighted by molar-refractivity contribution is -0.143. The number of rotatable bonds is 3. The molecule has 9 heteroatoms. The van der Waals surface area contributed by atoms with Crippen molar-refractivity contribution in [1.82, 2.24) is 18.5 Å². The molecule has 3 rings (SSSR count). The average Bonchev–Trinajstić information content (AvgIpc) is 2.93. The van der Waals surface area contributed by atoms with Gasteiger partial charge in [0, 0.05) is 0 Å². The molecule has 0 spiro atoms. The summed E-state index contributed by atoms with van der Waals surface area (Å²) in [5, 5.41) is 26.8. The zero-order valence-corrected chi connectivity index (χ0v) is 27.0. The lowest BCUT2D eigenvalue weighted by Crippen LogP contribution is -2.14. The van der Waals surface area contributed by atoms with Gasteiger partial charge in [0.1, 0.15) is 0 Å². The molecule has 0 aliphatic heterocycles. The lowest BCUT2D eigenvalue weighted by atomic mass is 9.92. The predicted molar refractivity (Wildman–Crippen MR) is 173 cm³/mol. The summed E-state index contributed by atoms with van der Waals surface area (Å²) in [4.78, 5) is 32.5. The van der Waals surface area contributed by atoms with Crippen LogP contribution >= 0.6 is 0 Å². The minimum Gasteiger partial charge on any atom is -0.481 e. The van der Waals surface area contributed by atoms with Gasteiger partial charge in [-0.2, -0.15) is 0 Å². The molecule has 252 valence electrons. The van der Waals surface area contributed by atoms with E-state index < -0.39 is 17.9 Å². The van der Waals surface area contributed by atoms with E-state index in [0.29, 0.717) is 0 Å². The molecule has 12 N–H and O–H groups in total. The van der Waals surface area contributed by atoms with Crippen LogP contribution in [0.4, 0.5) is 0 Å². The van der Waals surface area contributed by atoms with Crippen molar-refractivity contribution in [3.8, 4) is 0 Å². The zero-order valence-electron chi connectivity index (χ0n) is 27.0. The second-order valence-electron chi connectivity index (χ2n) is 12.3. The molecule has 0 radical (unpaired) electrons. The predicted octanol–water partition coefficient (Wildman–Crippen LogP) is 10.1. The Labute approximate surface area is 257 Å². The van der Waals surface area contributed by atoms with E-state index >= 15 is 0 Å². The van der Waals surface area contributed by atoms with Gasteiger partial charge in [-0.05, 0) is 38.5 Å². The van der Waals surface area contributed by atoms with Crippen LogP contribution in [0.15, 0.2) is 0 Å². The molecule has 0 unspecified atom stereocenters. The Morgan fingerprint density at radius 1 is 0.286 bits per heavy atom. The maximum Gasteiger partial charge on any atom is 0.306 e. The summed E-state index contributed by atoms with van der Waals surface area (Å²) in [5.74, 6) is -1.92. The SMILES string of the molecule is N.N.N.O=C(O)C1CCCCCCCCC1.O=C(O)C1CCCCCCCCC1.O=C(O)C1CCCCCCCCC1. The van der Waals surface area contributed by atoms with Gasteiger partial charge in [0.05, 0.1) is 17.8 Å². The minimum atomic E-state index is -0.583. The highest BCUT2D eigenvalue weighted by molar-refractivity contribution is 5.70. The largest absolute Gasteiger partial charge is 0.481 e. The third-order valence-corrected chi connectivity index (χ3v) is 8.86. The van der Waals surface area contributed by atoms with Gasteiger partial charge < -0.3 is 33.8 Å². The van der Waals surface area contributed by atoms with Crippen LogP contribution in [0, 0.1) is 17.8 Å². The smallest absolute Gasteiger partial charge is 0.306 e. The highest BCUT2D eigenvalue weighted by atomic mass is 16.4. The standard InChI is InChI=1S/3C11H20O2.3H3N/c3*12-11(13)10-8-6-4-2-1-3-5-7-9-10;;;/h3*10H,1-9H2,(H,12,13);3*1H3. The fourth-order valence-electron chi connectivity index (χ4n) is 6.17. The molecule has 0 amide bonds. The van der Waals surface area contributed by atoms with Crippen molar-refractivity contribution in [3.63, 3.8) is 0 Å². The quantitative estimate of drug-likeness (QED) is 0.180. The lowest BCUT2D eigenvalue weighted by Gasteiger charge is -2.13. The van der Waals surface area contributed by atoms with Crippen LogP contribution in [-0.2, 0) is 14.4 Å². The summed E-state index contributed by atoms with van der Waals surface area (Å²) in [6, 6.07) is 0. The molecular weight excluding hydrogens is 534 g/mol. The average molecular weight is 604 g/mol. The molecule has 0 aromatic rings. The van der Waals surface area contributed by atoms with Gasteiger partial charge in [0.25, 0.3) is 0 Å². The van der Waals surface area contributed by atoms with Gasteiger partial charge in [-0.15, -0.1) is 0 Å². The Morgan fingerprint density at radius 3 is 0.524 bits per heavy atom. The third kappa shape index (κ3) is 24.8. The molecule has 9 nitrogen and oxygen atoms in total. The van der Waals surface area contributed by atoms with Crippen LogP contribution < -0.4 is 18.5 Å². The first kappa shape index (κ1) is 44.7. The van der Waals surface area contributed by atoms with Crippen molar-refractivity contribution >= 4 is 17.9 Å². The van der Waals surface area contributed by atoms with Crippen molar-refractivity contribution in [2.75, 3.05) is 0 Å². The molecule has 3 aliphatic carbocycles. The molecule has 3 aliphatic rings. The molecule has 0 saturated heterocycles. The van der Waals surface area contributed by atoms with Crippen molar-refractivity contribution in [2.24, 2.45) is 17.8 Å². The fraction of sp³-hybridized carbons (Fsp3) is 0.909. The van der Waals surface area contributed by atoms with Crippen LogP contribution in [0.1, 0.15) is 173 Å². The van der Waals surface area contributed by atoms with E-state index in [0.717, 1.165) is 77.0 Å². The summed E-state index contributed by atoms with van der Waals surface area (Å²) in [6.07, 6.45) is 31.2. The van der Waals surface area contributed by atoms with Crippen molar-refractivity contribution in [2.45, 2.75) is 173 Å². The number of aliphatic carboxylic acids is 3. The summed E-state index contributed by atoms with van der Waals surface area (Å²) in [5.41, 5.74) is 0. The van der Waals surface area contributed by atoms with Crippen LogP contribution in [0.25, 0.3) is 0 Å². The Kier molecular flexibility index (Phi) is 32.7. The van der Waals surface area contributed by atoms with Crippen molar-refractivity contribution < 1.29 is 29.7 Å². The van der Waals surface area contributed by atoms with E-state index in [1.807, 2.05) is 0 Å². The van der Waals surface area contributed by atoms with Crippen LogP contribution in [-0.4, -0.2) is 33.2 Å². The zero-order chi connectivity index (χ0) is 28.6. The van der Waals surface area contributed by atoms with Crippen molar-refractivity contribution in [1.29, 1.82) is 0 Å². The Balaban J connectivity index is -0.000000524. The van der Waals surface area contributed by atoms with Gasteiger partial charge >= 0.3 is 17.9 Å². The molecular formula is C33H69N3O6. The summed E-state index contributed by atoms with van der Waals surface area (Å²) in [6.45, 7) is 0. The molecule has 3 fully saturated rings. The van der Waals surface area contributed by atoms with E-state index in [1.54, 1.807) is 0 Å². The highest BCUT2D eigenvalue weighted by Gasteiger charge is 2.18. The van der Waals surface area contributed by atoms with E-state index in [1.165, 1.54) is 96.3 Å². The minimum absolute atomic E-state index is 0. The molecule has 0 aromatic heterocycles. The maximum atomic E-state index is 10.8. The Bertz CT molecular complexity index is 534. The summed E-state index contributed by atoms with van der Waals surface area (Å²) in [7, 11) is 0. The van der Waals surface area contributed by atoms with E-state index in [9.17, 15) is 14.4 Å². The molecule has 0 heterocycles. The number of hydrogen-bond acceptors (Lipinski definition) is 6. The topological polar surface area (TPSA) is 217 Å². The first-order chi connectivity index (χ1) is 18.9. The Morgan fingerprint density at radius 2 is 0.405 bits per heavy atom. The monoisotopic (exact) mass is 604 g/mol. The highest BCUT2D eigenvalue weighted by Crippen LogP contribution is 2.23. The first-order valence-electron chi connectivity index (χ1n) is 16.6. The number of carboxylic acid groups (broad SMARTS) is 3. The van der Waals surface area contributed by atoms with Crippen LogP contribution in [0.5, 0.6) is 0 Å². The van der Waals surface area contributed by atoms with E-state index in [-0.39, 0.29) is 36.2 Å². The molecule has 0 bridgehead atoms. The second-order valence-corrected chi connectivity index (χ2v) is 12.3. The van der Waals surface area contributed by atoms with E-state index in [2.05, 4.69) is 0 Å². The third-order valence-electron chi connectivity index (χ3n) is 8.86. The first-order valence-corrected chi connectivity index (χ1v) is 16.6. The van der Waals surface area contributed by atoms with Crippen LogP contribution in [0.2, 0.25) is 0 Å². The molecule has 0 atom stereocenters. The number of carbonyl (C=O) groups is 3. The normalized spacial score (nSPS) is 20.9. The van der Waals surface area contributed by atoms with Gasteiger partial charge in [0.2, 0.25) is 0 Å². The van der Waals surface area contributed by atoms with Gasteiger partial charge in [0.15, 0.2) is 0 Å². The van der Waals surface area contributed by atoms with Gasteiger partial charge in [-0.25, -0.2) is 0 Å². The summed E-state index contributed by atoms with van der Waals surface area (Å²) >= 11 is 0. The maximum absolute atomic E-state index is 10.8. The Hall–Kier alpha value is -1.71.